The summed E-state index contributed by atoms with van der Waals surface area (Å²) >= 11 is 5.59. The van der Waals surface area contributed by atoms with Crippen LogP contribution in [0, 0.1) is 5.92 Å². The normalized spacial score (nSPS) is 14.2. The summed E-state index contributed by atoms with van der Waals surface area (Å²) < 4.78 is 0. The van der Waals surface area contributed by atoms with E-state index in [4.69, 9.17) is 11.6 Å². The standard InChI is InChI=1S/C11H19Cl/c1-9(2)7-11(4)8-10(3)5-6-12/h5,7,11H,6,8H2,1-4H3. The van der Waals surface area contributed by atoms with Crippen molar-refractivity contribution < 1.29 is 0 Å². The Balaban J connectivity index is 3.92. The van der Waals surface area contributed by atoms with Gasteiger partial charge in [-0.1, -0.05) is 30.2 Å². The van der Waals surface area contributed by atoms with Crippen molar-refractivity contribution in [3.63, 3.8) is 0 Å². The maximum absolute atomic E-state index is 5.59. The van der Waals surface area contributed by atoms with Gasteiger partial charge in [-0.05, 0) is 33.1 Å². The first kappa shape index (κ1) is 11.8. The molecule has 0 saturated heterocycles. The minimum Gasteiger partial charge on any atom is -0.122 e. The quantitative estimate of drug-likeness (QED) is 0.457. The first-order chi connectivity index (χ1) is 5.56. The van der Waals surface area contributed by atoms with Gasteiger partial charge in [0, 0.05) is 5.88 Å². The molecule has 12 heavy (non-hydrogen) atoms. The molecule has 0 aliphatic heterocycles. The highest BCUT2D eigenvalue weighted by Gasteiger charge is 1.98. The molecular formula is C11H19Cl. The van der Waals surface area contributed by atoms with Crippen LogP contribution in [0.4, 0.5) is 0 Å². The van der Waals surface area contributed by atoms with Gasteiger partial charge in [-0.25, -0.2) is 0 Å². The molecule has 70 valence electrons. The van der Waals surface area contributed by atoms with Gasteiger partial charge in [0.05, 0.1) is 0 Å². The number of hydrogen-bond donors (Lipinski definition) is 0. The van der Waals surface area contributed by atoms with Crippen molar-refractivity contribution in [2.45, 2.75) is 34.1 Å². The van der Waals surface area contributed by atoms with Crippen LogP contribution in [0.2, 0.25) is 0 Å². The second-order valence-electron chi connectivity index (χ2n) is 3.63. The summed E-state index contributed by atoms with van der Waals surface area (Å²) in [6.07, 6.45) is 5.50. The van der Waals surface area contributed by atoms with Crippen molar-refractivity contribution in [3.8, 4) is 0 Å². The Kier molecular flexibility index (Phi) is 6.18. The fraction of sp³-hybridized carbons (Fsp3) is 0.636. The molecule has 1 atom stereocenters. The molecule has 0 aromatic heterocycles. The van der Waals surface area contributed by atoms with E-state index in [0.29, 0.717) is 11.8 Å². The fourth-order valence-electron chi connectivity index (χ4n) is 1.35. The number of hydrogen-bond acceptors (Lipinski definition) is 0. The second-order valence-corrected chi connectivity index (χ2v) is 3.94. The molecule has 0 aromatic carbocycles. The highest BCUT2D eigenvalue weighted by Crippen LogP contribution is 2.13. The molecule has 0 rings (SSSR count). The zero-order chi connectivity index (χ0) is 9.56. The third kappa shape index (κ3) is 6.48. The molecule has 0 spiro atoms. The van der Waals surface area contributed by atoms with Gasteiger partial charge < -0.3 is 0 Å². The Morgan fingerprint density at radius 2 is 1.92 bits per heavy atom. The summed E-state index contributed by atoms with van der Waals surface area (Å²) in [5, 5.41) is 0. The van der Waals surface area contributed by atoms with E-state index >= 15 is 0 Å². The molecule has 0 saturated carbocycles. The smallest absolute Gasteiger partial charge is 0.0406 e. The summed E-state index contributed by atoms with van der Waals surface area (Å²) in [5.74, 6) is 1.27. The molecule has 0 nitrogen and oxygen atoms in total. The van der Waals surface area contributed by atoms with Crippen LogP contribution in [0.15, 0.2) is 23.3 Å². The van der Waals surface area contributed by atoms with E-state index in [2.05, 4.69) is 39.8 Å². The summed E-state index contributed by atoms with van der Waals surface area (Å²) in [6.45, 7) is 8.64. The van der Waals surface area contributed by atoms with E-state index in [0.717, 1.165) is 6.42 Å². The average Bonchev–Trinajstić information content (AvgIpc) is 1.84. The van der Waals surface area contributed by atoms with E-state index in [1.54, 1.807) is 0 Å². The Labute approximate surface area is 81.3 Å². The molecule has 0 heterocycles. The van der Waals surface area contributed by atoms with E-state index < -0.39 is 0 Å². The molecule has 1 unspecified atom stereocenters. The predicted octanol–water partition coefficient (Wildman–Crippen LogP) is 4.16. The van der Waals surface area contributed by atoms with Crippen LogP contribution in [0.5, 0.6) is 0 Å². The van der Waals surface area contributed by atoms with Crippen molar-refractivity contribution in [2.24, 2.45) is 5.92 Å². The van der Waals surface area contributed by atoms with E-state index in [1.165, 1.54) is 11.1 Å². The lowest BCUT2D eigenvalue weighted by atomic mass is 10.0. The van der Waals surface area contributed by atoms with Gasteiger partial charge in [-0.2, -0.15) is 0 Å². The van der Waals surface area contributed by atoms with Crippen LogP contribution in [0.1, 0.15) is 34.1 Å². The minimum absolute atomic E-state index is 0.632. The molecule has 0 bridgehead atoms. The van der Waals surface area contributed by atoms with Crippen molar-refractivity contribution >= 4 is 11.6 Å². The zero-order valence-electron chi connectivity index (χ0n) is 8.52. The SMILES string of the molecule is CC(C)=CC(C)CC(C)=CCCl. The molecule has 0 N–H and O–H groups in total. The van der Waals surface area contributed by atoms with Crippen LogP contribution in [0.25, 0.3) is 0 Å². The predicted molar refractivity (Wildman–Crippen MR) is 57.7 cm³/mol. The zero-order valence-corrected chi connectivity index (χ0v) is 9.28. The van der Waals surface area contributed by atoms with Crippen molar-refractivity contribution in [2.75, 3.05) is 5.88 Å². The van der Waals surface area contributed by atoms with E-state index in [-0.39, 0.29) is 0 Å². The lowest BCUT2D eigenvalue weighted by Crippen LogP contribution is -1.91. The van der Waals surface area contributed by atoms with Gasteiger partial charge in [-0.3, -0.25) is 0 Å². The molecule has 0 amide bonds. The highest BCUT2D eigenvalue weighted by atomic mass is 35.5. The van der Waals surface area contributed by atoms with Crippen LogP contribution < -0.4 is 0 Å². The maximum atomic E-state index is 5.59. The first-order valence-electron chi connectivity index (χ1n) is 4.43. The lowest BCUT2D eigenvalue weighted by Gasteiger charge is -2.06. The van der Waals surface area contributed by atoms with Gasteiger partial charge in [0.2, 0.25) is 0 Å². The van der Waals surface area contributed by atoms with Crippen LogP contribution in [0.3, 0.4) is 0 Å². The van der Waals surface area contributed by atoms with Crippen LogP contribution in [-0.2, 0) is 0 Å². The van der Waals surface area contributed by atoms with Gasteiger partial charge >= 0.3 is 0 Å². The van der Waals surface area contributed by atoms with Gasteiger partial charge in [0.25, 0.3) is 0 Å². The van der Waals surface area contributed by atoms with Gasteiger partial charge in [0.15, 0.2) is 0 Å². The Bertz CT molecular complexity index is 173. The summed E-state index contributed by atoms with van der Waals surface area (Å²) in [7, 11) is 0. The molecular weight excluding hydrogens is 168 g/mol. The van der Waals surface area contributed by atoms with Crippen LogP contribution in [-0.4, -0.2) is 5.88 Å². The monoisotopic (exact) mass is 186 g/mol. The summed E-state index contributed by atoms with van der Waals surface area (Å²) in [4.78, 5) is 0. The molecule has 0 aliphatic carbocycles. The molecule has 0 radical (unpaired) electrons. The second kappa shape index (κ2) is 6.30. The van der Waals surface area contributed by atoms with Gasteiger partial charge in [0.1, 0.15) is 0 Å². The Hall–Kier alpha value is -0.230. The fourth-order valence-corrected chi connectivity index (χ4v) is 1.61. The van der Waals surface area contributed by atoms with Crippen molar-refractivity contribution in [1.82, 2.24) is 0 Å². The van der Waals surface area contributed by atoms with E-state index in [9.17, 15) is 0 Å². The summed E-state index contributed by atoms with van der Waals surface area (Å²) in [5.41, 5.74) is 2.77. The number of halogens is 1. The van der Waals surface area contributed by atoms with Gasteiger partial charge in [-0.15, -0.1) is 11.6 Å². The largest absolute Gasteiger partial charge is 0.122 e. The molecule has 1 heteroatoms. The third-order valence-electron chi connectivity index (χ3n) is 1.69. The van der Waals surface area contributed by atoms with Crippen molar-refractivity contribution in [3.05, 3.63) is 23.3 Å². The molecule has 0 aromatic rings. The topological polar surface area (TPSA) is 0 Å². The first-order valence-corrected chi connectivity index (χ1v) is 4.96. The van der Waals surface area contributed by atoms with Crippen LogP contribution >= 0.6 is 11.6 Å². The van der Waals surface area contributed by atoms with Crippen molar-refractivity contribution in [1.29, 1.82) is 0 Å². The number of alkyl halides is 1. The number of rotatable bonds is 4. The minimum atomic E-state index is 0.632. The Morgan fingerprint density at radius 3 is 2.33 bits per heavy atom. The highest BCUT2D eigenvalue weighted by molar-refractivity contribution is 6.18. The Morgan fingerprint density at radius 1 is 1.33 bits per heavy atom. The number of allylic oxidation sites excluding steroid dienone is 4. The average molecular weight is 187 g/mol. The molecule has 0 aliphatic rings. The van der Waals surface area contributed by atoms with E-state index in [1.807, 2.05) is 0 Å². The maximum Gasteiger partial charge on any atom is 0.0406 e. The lowest BCUT2D eigenvalue weighted by molar-refractivity contribution is 0.710. The summed E-state index contributed by atoms with van der Waals surface area (Å²) in [6, 6.07) is 0. The molecule has 0 fully saturated rings. The third-order valence-corrected chi connectivity index (χ3v) is 1.84.